The van der Waals surface area contributed by atoms with E-state index in [4.69, 9.17) is 5.73 Å². The van der Waals surface area contributed by atoms with E-state index >= 15 is 0 Å². The van der Waals surface area contributed by atoms with Crippen LogP contribution in [0, 0.1) is 11.2 Å². The molecule has 0 atom stereocenters. The predicted octanol–water partition coefficient (Wildman–Crippen LogP) is 3.95. The number of halogens is 5. The molecule has 0 bridgehead atoms. The van der Waals surface area contributed by atoms with E-state index < -0.39 is 18.3 Å². The summed E-state index contributed by atoms with van der Waals surface area (Å²) < 4.78 is 62.9. The van der Waals surface area contributed by atoms with Crippen LogP contribution in [0.15, 0.2) is 35.3 Å². The molecular formula is C19H15BF5N5. The topological polar surface area (TPSA) is 88.0 Å². The Kier molecular flexibility index (Phi) is 6.15. The van der Waals surface area contributed by atoms with Crippen LogP contribution >= 0.6 is 0 Å². The molecule has 0 radical (unpaired) electrons. The maximum Gasteiger partial charge on any atom is 0.416 e. The average molecular weight is 419 g/mol. The van der Waals surface area contributed by atoms with Crippen molar-refractivity contribution in [3.8, 4) is 17.4 Å². The molecule has 0 fully saturated rings. The van der Waals surface area contributed by atoms with Crippen molar-refractivity contribution in [2.45, 2.75) is 31.8 Å². The number of aliphatic imine (C=N–C) groups is 1. The first kappa shape index (κ1) is 21.4. The minimum atomic E-state index is -4.47. The molecule has 1 aliphatic rings. The number of hydrogen-bond acceptors (Lipinski definition) is 5. The van der Waals surface area contributed by atoms with Crippen LogP contribution in [0.3, 0.4) is 0 Å². The van der Waals surface area contributed by atoms with Crippen LogP contribution in [0.25, 0.3) is 17.1 Å². The van der Waals surface area contributed by atoms with E-state index in [-0.39, 0.29) is 18.2 Å². The molecule has 2 N–H and O–H groups in total. The summed E-state index contributed by atoms with van der Waals surface area (Å²) in [6.45, 7) is -3.14. The van der Waals surface area contributed by atoms with Gasteiger partial charge in [-0.15, -0.1) is 0 Å². The number of nitrogens with two attached hydrogens (primary N) is 1. The molecule has 1 aromatic carbocycles. The Bertz CT molecular complexity index is 1030. The fourth-order valence-corrected chi connectivity index (χ4v) is 3.17. The van der Waals surface area contributed by atoms with E-state index in [2.05, 4.69) is 20.9 Å². The predicted molar refractivity (Wildman–Crippen MR) is 103 cm³/mol. The maximum atomic E-state index is 12.8. The Morgan fingerprint density at radius 1 is 1.23 bits per heavy atom. The number of benzene rings is 1. The Morgan fingerprint density at radius 2 is 1.93 bits per heavy atom. The van der Waals surface area contributed by atoms with Gasteiger partial charge in [0.05, 0.1) is 17.0 Å². The highest BCUT2D eigenvalue weighted by Crippen LogP contribution is 2.32. The van der Waals surface area contributed by atoms with Crippen LogP contribution in [0.5, 0.6) is 0 Å². The smallest absolute Gasteiger partial charge is 0.397 e. The summed E-state index contributed by atoms with van der Waals surface area (Å²) in [6.07, 6.45) is -1.05. The highest BCUT2D eigenvalue weighted by molar-refractivity contribution is 6.66. The van der Waals surface area contributed by atoms with Gasteiger partial charge in [-0.25, -0.2) is 20.2 Å². The molecule has 1 aliphatic heterocycles. The van der Waals surface area contributed by atoms with Gasteiger partial charge in [-0.2, -0.15) is 22.0 Å². The Labute approximate surface area is 169 Å². The molecule has 0 saturated carbocycles. The molecule has 0 aliphatic carbocycles. The third-order valence-corrected chi connectivity index (χ3v) is 4.65. The zero-order valence-corrected chi connectivity index (χ0v) is 15.5. The molecule has 30 heavy (non-hydrogen) atoms. The summed E-state index contributed by atoms with van der Waals surface area (Å²) in [5.74, 6) is 2.32. The highest BCUT2D eigenvalue weighted by Gasteiger charge is 2.31. The number of aromatic nitrogens is 2. The zero-order valence-electron chi connectivity index (χ0n) is 15.5. The van der Waals surface area contributed by atoms with Crippen LogP contribution in [0.4, 0.5) is 22.0 Å². The number of nitrogens with zero attached hydrogens (tertiary/aromatic N) is 4. The normalized spacial score (nSPS) is 14.8. The van der Waals surface area contributed by atoms with Gasteiger partial charge in [-0.3, -0.25) is 0 Å². The quantitative estimate of drug-likeness (QED) is 0.352. The van der Waals surface area contributed by atoms with Gasteiger partial charge < -0.3 is 5.73 Å². The van der Waals surface area contributed by atoms with Crippen molar-refractivity contribution in [3.05, 3.63) is 52.9 Å². The monoisotopic (exact) mass is 419 g/mol. The van der Waals surface area contributed by atoms with E-state index in [1.807, 2.05) is 0 Å². The second kappa shape index (κ2) is 8.61. The second-order valence-corrected chi connectivity index (χ2v) is 6.66. The van der Waals surface area contributed by atoms with Crippen molar-refractivity contribution < 1.29 is 22.0 Å². The van der Waals surface area contributed by atoms with Gasteiger partial charge in [0.2, 0.25) is 0 Å². The van der Waals surface area contributed by atoms with Crippen molar-refractivity contribution in [1.29, 1.82) is 5.26 Å². The SMILES string of the molecule is N#CB1CCc2c(nc(-c3ccc(C(F)(F)F)cc3)nc2C(N)=CC=NC(F)F)C1. The van der Waals surface area contributed by atoms with Gasteiger partial charge in [-0.05, 0) is 30.9 Å². The first-order valence-corrected chi connectivity index (χ1v) is 8.93. The van der Waals surface area contributed by atoms with Gasteiger partial charge in [0.15, 0.2) is 5.82 Å². The Hall–Kier alpha value is -3.29. The third kappa shape index (κ3) is 4.82. The summed E-state index contributed by atoms with van der Waals surface area (Å²) in [5.41, 5.74) is 7.17. The molecule has 2 aromatic rings. The largest absolute Gasteiger partial charge is 0.416 e. The highest BCUT2D eigenvalue weighted by atomic mass is 19.4. The summed E-state index contributed by atoms with van der Waals surface area (Å²) in [6, 6.07) is 4.34. The lowest BCUT2D eigenvalue weighted by Crippen LogP contribution is -2.25. The molecule has 2 heterocycles. The van der Waals surface area contributed by atoms with Crippen LogP contribution in [0.2, 0.25) is 6.32 Å². The number of fused-ring (bicyclic) bond motifs is 1. The number of hydrogen-bond donors (Lipinski definition) is 1. The van der Waals surface area contributed by atoms with Crippen LogP contribution in [-0.2, 0) is 18.9 Å². The van der Waals surface area contributed by atoms with Crippen LogP contribution in [0.1, 0.15) is 22.5 Å². The summed E-state index contributed by atoms with van der Waals surface area (Å²) >= 11 is 0. The summed E-state index contributed by atoms with van der Waals surface area (Å²) in [7, 11) is 0. The Balaban J connectivity index is 2.07. The fourth-order valence-electron chi connectivity index (χ4n) is 3.17. The van der Waals surface area contributed by atoms with E-state index in [9.17, 15) is 27.2 Å². The Morgan fingerprint density at radius 3 is 2.53 bits per heavy atom. The van der Waals surface area contributed by atoms with Gasteiger partial charge in [0.1, 0.15) is 0 Å². The molecule has 0 unspecified atom stereocenters. The third-order valence-electron chi connectivity index (χ3n) is 4.65. The molecule has 0 amide bonds. The molecule has 11 heteroatoms. The molecule has 0 saturated heterocycles. The lowest BCUT2D eigenvalue weighted by atomic mass is 9.43. The number of nitriles is 1. The van der Waals surface area contributed by atoms with Gasteiger partial charge in [0.25, 0.3) is 6.71 Å². The lowest BCUT2D eigenvalue weighted by molar-refractivity contribution is -0.137. The lowest BCUT2D eigenvalue weighted by Gasteiger charge is -2.21. The first-order valence-electron chi connectivity index (χ1n) is 8.93. The summed E-state index contributed by atoms with van der Waals surface area (Å²) in [4.78, 5) is 11.8. The van der Waals surface area contributed by atoms with Crippen molar-refractivity contribution in [3.63, 3.8) is 0 Å². The van der Waals surface area contributed by atoms with E-state index in [0.29, 0.717) is 41.6 Å². The average Bonchev–Trinajstić information content (AvgIpc) is 2.71. The second-order valence-electron chi connectivity index (χ2n) is 6.66. The van der Waals surface area contributed by atoms with Gasteiger partial charge in [0, 0.05) is 29.0 Å². The van der Waals surface area contributed by atoms with Gasteiger partial charge >= 0.3 is 12.7 Å². The van der Waals surface area contributed by atoms with E-state index in [0.717, 1.165) is 18.3 Å². The van der Waals surface area contributed by atoms with Crippen molar-refractivity contribution in [2.24, 2.45) is 10.7 Å². The standard InChI is InChI=1S/C19H15BF5N5/c21-18(22)28-8-6-14(27)16-13-5-7-20(10-26)9-15(13)29-17(30-16)11-1-3-12(4-2-11)19(23,24)25/h1-4,6,8,18H,5,7,9,27H2. The van der Waals surface area contributed by atoms with Gasteiger partial charge in [-0.1, -0.05) is 18.5 Å². The molecule has 154 valence electrons. The fraction of sp³-hybridized carbons (Fsp3) is 0.263. The van der Waals surface area contributed by atoms with E-state index in [1.165, 1.54) is 18.2 Å². The minimum absolute atomic E-state index is 0.0709. The number of rotatable bonds is 4. The zero-order chi connectivity index (χ0) is 21.9. The molecule has 5 nitrogen and oxygen atoms in total. The minimum Gasteiger partial charge on any atom is -0.397 e. The number of alkyl halides is 5. The maximum absolute atomic E-state index is 12.8. The molecule has 1 aromatic heterocycles. The van der Waals surface area contributed by atoms with Crippen molar-refractivity contribution >= 4 is 18.6 Å². The molecule has 3 rings (SSSR count). The van der Waals surface area contributed by atoms with Crippen LogP contribution < -0.4 is 5.73 Å². The van der Waals surface area contributed by atoms with Crippen molar-refractivity contribution in [1.82, 2.24) is 9.97 Å². The number of allylic oxidation sites excluding steroid dienone is 1. The molecular weight excluding hydrogens is 404 g/mol. The van der Waals surface area contributed by atoms with E-state index in [1.54, 1.807) is 0 Å². The van der Waals surface area contributed by atoms with Crippen LogP contribution in [-0.4, -0.2) is 29.4 Å². The summed E-state index contributed by atoms with van der Waals surface area (Å²) in [5, 5.41) is 9.23. The van der Waals surface area contributed by atoms with Crippen molar-refractivity contribution in [2.75, 3.05) is 0 Å². The first-order chi connectivity index (χ1) is 14.2. The molecule has 0 spiro atoms.